The van der Waals surface area contributed by atoms with E-state index in [2.05, 4.69) is 31.2 Å². The molecule has 0 aliphatic carbocycles. The van der Waals surface area contributed by atoms with Gasteiger partial charge in [-0.05, 0) is 0 Å². The fourth-order valence-corrected chi connectivity index (χ4v) is 1.73. The molecule has 78 valence electrons. The van der Waals surface area contributed by atoms with Crippen LogP contribution in [0.15, 0.2) is 0 Å². The minimum absolute atomic E-state index is 0.645. The molecular formula is C8H18N2O3. The van der Waals surface area contributed by atoms with Crippen molar-refractivity contribution >= 4 is 0 Å². The van der Waals surface area contributed by atoms with E-state index in [0.29, 0.717) is 6.04 Å². The van der Waals surface area contributed by atoms with Crippen LogP contribution in [0.1, 0.15) is 12.8 Å². The van der Waals surface area contributed by atoms with Crippen molar-refractivity contribution < 1.29 is 19.8 Å². The Hall–Kier alpha value is -0.200. The summed E-state index contributed by atoms with van der Waals surface area (Å²) in [7, 11) is 6.56. The van der Waals surface area contributed by atoms with E-state index in [1.807, 2.05) is 0 Å². The van der Waals surface area contributed by atoms with Gasteiger partial charge in [-0.1, -0.05) is 0 Å². The summed E-state index contributed by atoms with van der Waals surface area (Å²) >= 11 is 0. The Balaban J connectivity index is 2.30. The number of quaternary nitrogens is 1. The number of rotatable bonds is 3. The van der Waals surface area contributed by atoms with Gasteiger partial charge in [0.1, 0.15) is 0 Å². The highest BCUT2D eigenvalue weighted by molar-refractivity contribution is 4.67. The Kier molecular flexibility index (Phi) is 3.63. The lowest BCUT2D eigenvalue weighted by molar-refractivity contribution is -0.898. The summed E-state index contributed by atoms with van der Waals surface area (Å²) in [6.07, 6.45) is 2.07. The number of hydrogen-bond donors (Lipinski definition) is 0. The molecule has 1 aliphatic rings. The molecule has 0 aromatic rings. The molecule has 1 fully saturated rings. The summed E-state index contributed by atoms with van der Waals surface area (Å²) in [5.41, 5.74) is 0. The Bertz CT molecular complexity index is 150. The van der Waals surface area contributed by atoms with Gasteiger partial charge in [0.25, 0.3) is 0 Å². The van der Waals surface area contributed by atoms with Crippen molar-refractivity contribution in [1.29, 1.82) is 0 Å². The molecule has 0 aromatic carbocycles. The van der Waals surface area contributed by atoms with Crippen LogP contribution in [0, 0.1) is 0 Å². The van der Waals surface area contributed by atoms with Crippen molar-refractivity contribution in [3.05, 3.63) is 0 Å². The van der Waals surface area contributed by atoms with Crippen molar-refractivity contribution in [3.8, 4) is 0 Å². The van der Waals surface area contributed by atoms with Gasteiger partial charge in [-0.15, -0.1) is 4.99 Å². The molecule has 5 heteroatoms. The molecule has 0 spiro atoms. The van der Waals surface area contributed by atoms with Gasteiger partial charge in [-0.3, -0.25) is 5.04 Å². The molecule has 0 N–H and O–H groups in total. The maximum Gasteiger partial charge on any atom is 0.0910 e. The van der Waals surface area contributed by atoms with Gasteiger partial charge in [0.15, 0.2) is 0 Å². The average Bonchev–Trinajstić information content (AvgIpc) is 2.04. The van der Waals surface area contributed by atoms with E-state index in [-0.39, 0.29) is 0 Å². The van der Waals surface area contributed by atoms with Crippen LogP contribution in [0.4, 0.5) is 0 Å². The van der Waals surface area contributed by atoms with Gasteiger partial charge in [-0.25, -0.2) is 0 Å². The Labute approximate surface area is 78.9 Å². The third kappa shape index (κ3) is 3.21. The lowest BCUT2D eigenvalue weighted by atomic mass is 10.0. The highest BCUT2D eigenvalue weighted by atomic mass is 17.5. The predicted molar refractivity (Wildman–Crippen MR) is 44.8 cm³/mol. The van der Waals surface area contributed by atoms with Crippen LogP contribution in [-0.2, 0) is 10.0 Å². The van der Waals surface area contributed by atoms with Crippen molar-refractivity contribution in [1.82, 2.24) is 5.06 Å². The second-order valence-corrected chi connectivity index (χ2v) is 4.42. The summed E-state index contributed by atoms with van der Waals surface area (Å²) in [5, 5.41) is 14.7. The molecule has 0 saturated carbocycles. The van der Waals surface area contributed by atoms with Gasteiger partial charge >= 0.3 is 0 Å². The molecule has 1 heterocycles. The topological polar surface area (TPSA) is 44.8 Å². The van der Waals surface area contributed by atoms with Crippen molar-refractivity contribution in [3.63, 3.8) is 0 Å². The fourth-order valence-electron chi connectivity index (χ4n) is 1.73. The second kappa shape index (κ2) is 4.34. The summed E-state index contributed by atoms with van der Waals surface area (Å²) in [5.74, 6) is 0. The van der Waals surface area contributed by atoms with Crippen LogP contribution in [0.5, 0.6) is 0 Å². The summed E-state index contributed by atoms with van der Waals surface area (Å²) in [6, 6.07) is 0.645. The highest BCUT2D eigenvalue weighted by Crippen LogP contribution is 2.18. The van der Waals surface area contributed by atoms with E-state index in [0.717, 1.165) is 30.4 Å². The van der Waals surface area contributed by atoms with Gasteiger partial charge in [0, 0.05) is 25.9 Å². The van der Waals surface area contributed by atoms with E-state index in [1.54, 1.807) is 5.06 Å². The second-order valence-electron chi connectivity index (χ2n) is 4.42. The molecule has 1 rings (SSSR count). The Morgan fingerprint density at radius 1 is 1.23 bits per heavy atom. The van der Waals surface area contributed by atoms with Crippen LogP contribution >= 0.6 is 0 Å². The van der Waals surface area contributed by atoms with Crippen LogP contribution in [0.3, 0.4) is 0 Å². The number of hydrogen-bond acceptors (Lipinski definition) is 4. The largest absolute Gasteiger partial charge is 0.690 e. The monoisotopic (exact) mass is 190 g/mol. The Morgan fingerprint density at radius 2 is 1.77 bits per heavy atom. The lowest BCUT2D eigenvalue weighted by Crippen LogP contribution is -2.51. The van der Waals surface area contributed by atoms with Crippen LogP contribution in [-0.4, -0.2) is 49.8 Å². The van der Waals surface area contributed by atoms with Gasteiger partial charge in [-0.2, -0.15) is 5.06 Å². The van der Waals surface area contributed by atoms with Crippen LogP contribution in [0.2, 0.25) is 0 Å². The first-order chi connectivity index (χ1) is 6.04. The van der Waals surface area contributed by atoms with Crippen molar-refractivity contribution in [2.24, 2.45) is 0 Å². The zero-order chi connectivity index (χ0) is 9.90. The van der Waals surface area contributed by atoms with E-state index in [9.17, 15) is 5.26 Å². The average molecular weight is 190 g/mol. The zero-order valence-electron chi connectivity index (χ0n) is 8.52. The zero-order valence-corrected chi connectivity index (χ0v) is 8.52. The van der Waals surface area contributed by atoms with E-state index in [1.165, 1.54) is 0 Å². The maximum atomic E-state index is 9.71. The molecule has 0 radical (unpaired) electrons. The molecule has 0 aromatic heterocycles. The quantitative estimate of drug-likeness (QED) is 0.335. The molecule has 0 unspecified atom stereocenters. The molecule has 1 saturated heterocycles. The first-order valence-electron chi connectivity index (χ1n) is 4.56. The van der Waals surface area contributed by atoms with E-state index >= 15 is 0 Å². The first kappa shape index (κ1) is 10.9. The standard InChI is InChI=1S/C8H18N2O3/c1-10(2,3)8-4-6-9(7-5-8)12-13-11/h8H,4-7H2,1-3H3. The summed E-state index contributed by atoms with van der Waals surface area (Å²) in [4.78, 5) is 4.41. The number of nitrogens with zero attached hydrogens (tertiary/aromatic N) is 2. The van der Waals surface area contributed by atoms with Crippen molar-refractivity contribution in [2.45, 2.75) is 18.9 Å². The lowest BCUT2D eigenvalue weighted by Gasteiger charge is -2.39. The predicted octanol–water partition coefficient (Wildman–Crippen LogP) is -0.704. The minimum Gasteiger partial charge on any atom is -0.690 e. The fraction of sp³-hybridized carbons (Fsp3) is 1.00. The molecular weight excluding hydrogens is 172 g/mol. The molecule has 0 bridgehead atoms. The normalized spacial score (nSPS) is 22.2. The third-order valence-corrected chi connectivity index (χ3v) is 2.65. The molecule has 0 atom stereocenters. The minimum atomic E-state index is 0.645. The molecule has 13 heavy (non-hydrogen) atoms. The Morgan fingerprint density at radius 3 is 2.15 bits per heavy atom. The molecule has 5 nitrogen and oxygen atoms in total. The van der Waals surface area contributed by atoms with Gasteiger partial charge < -0.3 is 9.74 Å². The van der Waals surface area contributed by atoms with E-state index in [4.69, 9.17) is 0 Å². The number of hydroxylamine groups is 2. The van der Waals surface area contributed by atoms with Crippen molar-refractivity contribution in [2.75, 3.05) is 34.2 Å². The van der Waals surface area contributed by atoms with Crippen LogP contribution < -0.4 is 5.26 Å². The molecule has 1 aliphatic heterocycles. The molecule has 0 amide bonds. The smallest absolute Gasteiger partial charge is 0.0910 e. The van der Waals surface area contributed by atoms with Gasteiger partial charge in [0.05, 0.1) is 27.2 Å². The number of piperidine rings is 1. The highest BCUT2D eigenvalue weighted by Gasteiger charge is 2.29. The summed E-state index contributed by atoms with van der Waals surface area (Å²) < 4.78 is 0.964. The van der Waals surface area contributed by atoms with E-state index < -0.39 is 0 Å². The van der Waals surface area contributed by atoms with Crippen LogP contribution in [0.25, 0.3) is 0 Å². The third-order valence-electron chi connectivity index (χ3n) is 2.65. The maximum absolute atomic E-state index is 9.71. The first-order valence-corrected chi connectivity index (χ1v) is 4.56. The van der Waals surface area contributed by atoms with Gasteiger partial charge in [0.2, 0.25) is 0 Å². The SMILES string of the molecule is C[N+](C)(C)C1CCN(OO[O-])CC1. The summed E-state index contributed by atoms with van der Waals surface area (Å²) in [6.45, 7) is 1.53.